The summed E-state index contributed by atoms with van der Waals surface area (Å²) >= 11 is 5.83. The van der Waals surface area contributed by atoms with Gasteiger partial charge in [0.25, 0.3) is 5.91 Å². The number of hydrogen-bond donors (Lipinski definition) is 2. The Hall–Kier alpha value is -2.77. The summed E-state index contributed by atoms with van der Waals surface area (Å²) in [6, 6.07) is 14.9. The first-order chi connectivity index (χ1) is 16.0. The Labute approximate surface area is 201 Å². The van der Waals surface area contributed by atoms with Gasteiger partial charge in [0, 0.05) is 62.0 Å². The fourth-order valence-corrected chi connectivity index (χ4v) is 3.92. The Morgan fingerprint density at radius 3 is 2.24 bits per heavy atom. The standard InChI is InChI=1S/C25H33ClN4O3/c1-33-23-11-9-22(10-12-23)30-18-16-29(17-19-30)15-3-14-27-24(31)4-2-13-28-25(32)20-5-7-21(26)8-6-20/h5-12H,2-4,13-19H2,1H3,(H,27,31)(H,28,32). The lowest BCUT2D eigenvalue weighted by Crippen LogP contribution is -2.47. The van der Waals surface area contributed by atoms with Crippen LogP contribution in [-0.2, 0) is 4.79 Å². The summed E-state index contributed by atoms with van der Waals surface area (Å²) < 4.78 is 5.22. The number of nitrogens with one attached hydrogen (secondary N) is 2. The lowest BCUT2D eigenvalue weighted by atomic mass is 10.2. The highest BCUT2D eigenvalue weighted by atomic mass is 35.5. The van der Waals surface area contributed by atoms with Crippen molar-refractivity contribution >= 4 is 29.1 Å². The molecule has 33 heavy (non-hydrogen) atoms. The number of anilines is 1. The first-order valence-electron chi connectivity index (χ1n) is 11.5. The number of nitrogens with zero attached hydrogens (tertiary/aromatic N) is 2. The molecule has 1 aliphatic rings. The minimum atomic E-state index is -0.154. The van der Waals surface area contributed by atoms with Crippen molar-refractivity contribution in [2.24, 2.45) is 0 Å². The van der Waals surface area contributed by atoms with E-state index in [4.69, 9.17) is 16.3 Å². The predicted molar refractivity (Wildman–Crippen MR) is 132 cm³/mol. The van der Waals surface area contributed by atoms with Crippen LogP contribution in [0.3, 0.4) is 0 Å². The summed E-state index contributed by atoms with van der Waals surface area (Å²) in [5.74, 6) is 0.751. The van der Waals surface area contributed by atoms with Gasteiger partial charge in [-0.3, -0.25) is 14.5 Å². The predicted octanol–water partition coefficient (Wildman–Crippen LogP) is 3.19. The van der Waals surface area contributed by atoms with Gasteiger partial charge in [-0.25, -0.2) is 0 Å². The number of ether oxygens (including phenoxy) is 1. The van der Waals surface area contributed by atoms with Gasteiger partial charge in [-0.15, -0.1) is 0 Å². The van der Waals surface area contributed by atoms with Crippen LogP contribution < -0.4 is 20.3 Å². The number of rotatable bonds is 11. The molecular weight excluding hydrogens is 440 g/mol. The third-order valence-corrected chi connectivity index (χ3v) is 6.01. The number of methoxy groups -OCH3 is 1. The minimum absolute atomic E-state index is 0.0278. The number of carbonyl (C=O) groups excluding carboxylic acids is 2. The SMILES string of the molecule is COc1ccc(N2CCN(CCCNC(=O)CCCNC(=O)c3ccc(Cl)cc3)CC2)cc1. The van der Waals surface area contributed by atoms with E-state index in [1.54, 1.807) is 31.4 Å². The van der Waals surface area contributed by atoms with Gasteiger partial charge in [0.1, 0.15) is 5.75 Å². The zero-order valence-electron chi connectivity index (χ0n) is 19.2. The molecule has 0 radical (unpaired) electrons. The third kappa shape index (κ3) is 8.26. The van der Waals surface area contributed by atoms with Crippen LogP contribution in [-0.4, -0.2) is 69.6 Å². The second-order valence-corrected chi connectivity index (χ2v) is 8.53. The molecule has 0 saturated carbocycles. The Bertz CT molecular complexity index is 882. The molecule has 0 atom stereocenters. The van der Waals surface area contributed by atoms with Crippen LogP contribution in [0.2, 0.25) is 5.02 Å². The summed E-state index contributed by atoms with van der Waals surface area (Å²) in [7, 11) is 1.68. The van der Waals surface area contributed by atoms with Crippen molar-refractivity contribution in [3.05, 3.63) is 59.1 Å². The molecule has 0 aromatic heterocycles. The largest absolute Gasteiger partial charge is 0.497 e. The maximum absolute atomic E-state index is 12.0. The number of benzene rings is 2. The normalized spacial score (nSPS) is 14.1. The fourth-order valence-electron chi connectivity index (χ4n) is 3.80. The van der Waals surface area contributed by atoms with Gasteiger partial charge in [-0.2, -0.15) is 0 Å². The molecule has 2 aromatic carbocycles. The van der Waals surface area contributed by atoms with Crippen molar-refractivity contribution in [2.75, 3.05) is 57.8 Å². The van der Waals surface area contributed by atoms with Crippen LogP contribution in [0, 0.1) is 0 Å². The van der Waals surface area contributed by atoms with Crippen LogP contribution in [0.1, 0.15) is 29.6 Å². The fraction of sp³-hybridized carbons (Fsp3) is 0.440. The van der Waals surface area contributed by atoms with Crippen molar-refractivity contribution in [1.29, 1.82) is 0 Å². The smallest absolute Gasteiger partial charge is 0.251 e. The third-order valence-electron chi connectivity index (χ3n) is 5.76. The molecule has 1 fully saturated rings. The number of carbonyl (C=O) groups is 2. The Morgan fingerprint density at radius 2 is 1.58 bits per heavy atom. The molecule has 1 heterocycles. The van der Waals surface area contributed by atoms with Crippen molar-refractivity contribution < 1.29 is 14.3 Å². The van der Waals surface area contributed by atoms with Crippen molar-refractivity contribution in [3.63, 3.8) is 0 Å². The van der Waals surface area contributed by atoms with Gasteiger partial charge >= 0.3 is 0 Å². The molecular formula is C25H33ClN4O3. The van der Waals surface area contributed by atoms with Gasteiger partial charge in [0.2, 0.25) is 5.91 Å². The van der Waals surface area contributed by atoms with E-state index in [2.05, 4.69) is 32.6 Å². The Morgan fingerprint density at radius 1 is 0.909 bits per heavy atom. The van der Waals surface area contributed by atoms with Gasteiger partial charge in [-0.05, 0) is 67.9 Å². The van der Waals surface area contributed by atoms with Gasteiger partial charge < -0.3 is 20.3 Å². The van der Waals surface area contributed by atoms with E-state index in [-0.39, 0.29) is 11.8 Å². The van der Waals surface area contributed by atoms with Gasteiger partial charge in [0.05, 0.1) is 7.11 Å². The van der Waals surface area contributed by atoms with Gasteiger partial charge in [0.15, 0.2) is 0 Å². The maximum Gasteiger partial charge on any atom is 0.251 e. The number of piperazine rings is 1. The molecule has 0 unspecified atom stereocenters. The second kappa shape index (κ2) is 13.1. The molecule has 1 aliphatic heterocycles. The molecule has 0 aliphatic carbocycles. The number of halogens is 1. The summed E-state index contributed by atoms with van der Waals surface area (Å²) in [5.41, 5.74) is 1.79. The Balaban J connectivity index is 1.21. The van der Waals surface area contributed by atoms with Crippen molar-refractivity contribution in [2.45, 2.75) is 19.3 Å². The molecule has 8 heteroatoms. The monoisotopic (exact) mass is 472 g/mol. The minimum Gasteiger partial charge on any atom is -0.497 e. The molecule has 7 nitrogen and oxygen atoms in total. The number of amides is 2. The van der Waals surface area contributed by atoms with E-state index >= 15 is 0 Å². The average molecular weight is 473 g/mol. The van der Waals surface area contributed by atoms with Gasteiger partial charge in [-0.1, -0.05) is 11.6 Å². The molecule has 3 rings (SSSR count). The van der Waals surface area contributed by atoms with E-state index in [0.29, 0.717) is 36.5 Å². The molecule has 0 spiro atoms. The van der Waals surface area contributed by atoms with Crippen LogP contribution in [0.5, 0.6) is 5.75 Å². The first-order valence-corrected chi connectivity index (χ1v) is 11.8. The van der Waals surface area contributed by atoms with Crippen molar-refractivity contribution in [1.82, 2.24) is 15.5 Å². The lowest BCUT2D eigenvalue weighted by Gasteiger charge is -2.36. The van der Waals surface area contributed by atoms with Crippen LogP contribution in [0.25, 0.3) is 0 Å². The lowest BCUT2D eigenvalue weighted by molar-refractivity contribution is -0.121. The highest BCUT2D eigenvalue weighted by Gasteiger charge is 2.17. The summed E-state index contributed by atoms with van der Waals surface area (Å²) in [5, 5.41) is 6.40. The highest BCUT2D eigenvalue weighted by molar-refractivity contribution is 6.30. The highest BCUT2D eigenvalue weighted by Crippen LogP contribution is 2.20. The second-order valence-electron chi connectivity index (χ2n) is 8.10. The molecule has 2 aromatic rings. The summed E-state index contributed by atoms with van der Waals surface area (Å²) in [6.07, 6.45) is 1.95. The zero-order chi connectivity index (χ0) is 23.5. The quantitative estimate of drug-likeness (QED) is 0.491. The van der Waals surface area contributed by atoms with Crippen LogP contribution >= 0.6 is 11.6 Å². The average Bonchev–Trinajstić information content (AvgIpc) is 2.85. The first kappa shape index (κ1) is 24.9. The number of hydrogen-bond acceptors (Lipinski definition) is 5. The molecule has 2 N–H and O–H groups in total. The summed E-state index contributed by atoms with van der Waals surface area (Å²) in [4.78, 5) is 28.9. The maximum atomic E-state index is 12.0. The van der Waals surface area contributed by atoms with E-state index in [1.165, 1.54) is 5.69 Å². The molecule has 178 valence electrons. The van der Waals surface area contributed by atoms with E-state index < -0.39 is 0 Å². The molecule has 1 saturated heterocycles. The molecule has 2 amide bonds. The van der Waals surface area contributed by atoms with Crippen molar-refractivity contribution in [3.8, 4) is 5.75 Å². The zero-order valence-corrected chi connectivity index (χ0v) is 19.9. The topological polar surface area (TPSA) is 73.9 Å². The Kier molecular flexibility index (Phi) is 9.84. The summed E-state index contributed by atoms with van der Waals surface area (Å²) in [6.45, 7) is 6.16. The van der Waals surface area contributed by atoms with E-state index in [0.717, 1.165) is 44.9 Å². The van der Waals surface area contributed by atoms with E-state index in [1.807, 2.05) is 12.1 Å². The molecule has 0 bridgehead atoms. The van der Waals surface area contributed by atoms with E-state index in [9.17, 15) is 9.59 Å². The van der Waals surface area contributed by atoms with Crippen LogP contribution in [0.4, 0.5) is 5.69 Å². The van der Waals surface area contributed by atoms with Crippen LogP contribution in [0.15, 0.2) is 48.5 Å².